The minimum absolute atomic E-state index is 0.00372. The summed E-state index contributed by atoms with van der Waals surface area (Å²) < 4.78 is 12.3. The number of aromatic nitrogens is 2. The molecule has 0 unspecified atom stereocenters. The molecule has 3 rings (SSSR count). The molecular weight excluding hydrogens is 410 g/mol. The maximum absolute atomic E-state index is 12.7. The summed E-state index contributed by atoms with van der Waals surface area (Å²) in [5.74, 6) is 1.29. The molecule has 9 heteroatoms. The van der Waals surface area contributed by atoms with E-state index in [0.717, 1.165) is 19.6 Å². The predicted octanol–water partition coefficient (Wildman–Crippen LogP) is 1.51. The predicted molar refractivity (Wildman–Crippen MR) is 121 cm³/mol. The summed E-state index contributed by atoms with van der Waals surface area (Å²) in [6.45, 7) is 8.30. The van der Waals surface area contributed by atoms with Gasteiger partial charge in [0.25, 0.3) is 11.8 Å². The summed E-state index contributed by atoms with van der Waals surface area (Å²) in [5.41, 5.74) is 1.72. The first-order valence-corrected chi connectivity index (χ1v) is 11.0. The maximum Gasteiger partial charge on any atom is 0.261 e. The molecule has 1 aliphatic heterocycles. The molecule has 1 aromatic carbocycles. The minimum atomic E-state index is -0.143. The second-order valence-corrected chi connectivity index (χ2v) is 8.22. The number of carbonyl (C=O) groups is 2. The van der Waals surface area contributed by atoms with E-state index in [1.165, 1.54) is 12.7 Å². The number of aryl methyl sites for hydroxylation is 1. The molecule has 1 saturated heterocycles. The number of hydrogen-bond acceptors (Lipinski definition) is 6. The molecule has 0 radical (unpaired) electrons. The van der Waals surface area contributed by atoms with Crippen molar-refractivity contribution in [2.45, 2.75) is 19.8 Å². The zero-order valence-corrected chi connectivity index (χ0v) is 19.3. The highest BCUT2D eigenvalue weighted by Crippen LogP contribution is 2.19. The van der Waals surface area contributed by atoms with E-state index < -0.39 is 0 Å². The number of benzene rings is 1. The normalized spacial score (nSPS) is 14.5. The number of hydrogen-bond donors (Lipinski definition) is 1. The molecule has 32 heavy (non-hydrogen) atoms. The van der Waals surface area contributed by atoms with Crippen molar-refractivity contribution in [2.24, 2.45) is 7.05 Å². The quantitative estimate of drug-likeness (QED) is 0.632. The van der Waals surface area contributed by atoms with Gasteiger partial charge in [0, 0.05) is 52.5 Å². The topological polar surface area (TPSA) is 88.9 Å². The van der Waals surface area contributed by atoms with Crippen molar-refractivity contribution in [3.8, 4) is 11.6 Å². The third-order valence-corrected chi connectivity index (χ3v) is 5.55. The Morgan fingerprint density at radius 2 is 1.81 bits per heavy atom. The van der Waals surface area contributed by atoms with Gasteiger partial charge in [-0.3, -0.25) is 19.2 Å². The third-order valence-electron chi connectivity index (χ3n) is 5.55. The van der Waals surface area contributed by atoms with Crippen LogP contribution < -0.4 is 14.8 Å². The molecule has 1 aliphatic rings. The molecule has 0 bridgehead atoms. The molecule has 1 fully saturated rings. The monoisotopic (exact) mass is 443 g/mol. The van der Waals surface area contributed by atoms with E-state index in [1.54, 1.807) is 17.9 Å². The number of nitrogens with zero attached hydrogens (tertiary/aromatic N) is 4. The Kier molecular flexibility index (Phi) is 8.10. The summed E-state index contributed by atoms with van der Waals surface area (Å²) in [7, 11) is 3.28. The Labute approximate surface area is 189 Å². The van der Waals surface area contributed by atoms with Crippen LogP contribution in [0.3, 0.4) is 0 Å². The van der Waals surface area contributed by atoms with Crippen LogP contribution in [0.15, 0.2) is 30.5 Å². The van der Waals surface area contributed by atoms with Crippen LogP contribution >= 0.6 is 0 Å². The first-order chi connectivity index (χ1) is 15.4. The van der Waals surface area contributed by atoms with Crippen LogP contribution in [0.25, 0.3) is 0 Å². The lowest BCUT2D eigenvalue weighted by molar-refractivity contribution is -0.123. The summed E-state index contributed by atoms with van der Waals surface area (Å²) in [6.07, 6.45) is 1.68. The van der Waals surface area contributed by atoms with Gasteiger partial charge in [0.2, 0.25) is 5.88 Å². The van der Waals surface area contributed by atoms with Gasteiger partial charge in [-0.05, 0) is 23.6 Å². The number of piperazine rings is 1. The van der Waals surface area contributed by atoms with Crippen LogP contribution in [0, 0.1) is 0 Å². The molecule has 2 amide bonds. The smallest absolute Gasteiger partial charge is 0.261 e. The van der Waals surface area contributed by atoms with Crippen molar-refractivity contribution in [2.75, 3.05) is 53.0 Å². The fourth-order valence-electron chi connectivity index (χ4n) is 3.61. The largest absolute Gasteiger partial charge is 0.484 e. The minimum Gasteiger partial charge on any atom is -0.484 e. The Bertz CT molecular complexity index is 902. The molecule has 0 spiro atoms. The lowest BCUT2D eigenvalue weighted by Crippen LogP contribution is -2.50. The summed E-state index contributed by atoms with van der Waals surface area (Å²) in [6, 6.07) is 7.83. The van der Waals surface area contributed by atoms with Crippen LogP contribution in [0.4, 0.5) is 0 Å². The standard InChI is InChI=1S/C23H33N5O4/c1-17(2)18-5-7-19(8-6-18)32-16-21(29)24-9-10-27-11-13-28(14-12-27)23(30)20-15-26(3)25-22(20)31-4/h5-8,15,17H,9-14,16H2,1-4H3,(H,24,29). The maximum atomic E-state index is 12.7. The molecule has 2 aromatic rings. The second-order valence-electron chi connectivity index (χ2n) is 8.22. The van der Waals surface area contributed by atoms with Gasteiger partial charge in [-0.15, -0.1) is 5.10 Å². The Morgan fingerprint density at radius 1 is 1.12 bits per heavy atom. The fraction of sp³-hybridized carbons (Fsp3) is 0.522. The Balaban J connectivity index is 1.34. The number of ether oxygens (including phenoxy) is 2. The summed E-state index contributed by atoms with van der Waals surface area (Å²) in [4.78, 5) is 28.9. The zero-order chi connectivity index (χ0) is 23.1. The van der Waals surface area contributed by atoms with E-state index in [2.05, 4.69) is 29.2 Å². The number of carbonyl (C=O) groups excluding carboxylic acids is 2. The lowest BCUT2D eigenvalue weighted by Gasteiger charge is -2.34. The molecule has 0 saturated carbocycles. The van der Waals surface area contributed by atoms with E-state index in [1.807, 2.05) is 29.2 Å². The van der Waals surface area contributed by atoms with Crippen LogP contribution in [0.2, 0.25) is 0 Å². The molecule has 1 aromatic heterocycles. The average molecular weight is 444 g/mol. The van der Waals surface area contributed by atoms with Crippen LogP contribution in [0.5, 0.6) is 11.6 Å². The van der Waals surface area contributed by atoms with Gasteiger partial charge in [-0.2, -0.15) is 0 Å². The van der Waals surface area contributed by atoms with Crippen molar-refractivity contribution < 1.29 is 19.1 Å². The number of rotatable bonds is 9. The van der Waals surface area contributed by atoms with E-state index in [4.69, 9.17) is 9.47 Å². The highest BCUT2D eigenvalue weighted by atomic mass is 16.5. The van der Waals surface area contributed by atoms with Crippen molar-refractivity contribution in [1.29, 1.82) is 0 Å². The molecule has 1 N–H and O–H groups in total. The molecular formula is C23H33N5O4. The van der Waals surface area contributed by atoms with Crippen LogP contribution in [-0.2, 0) is 11.8 Å². The van der Waals surface area contributed by atoms with Gasteiger partial charge in [-0.25, -0.2) is 0 Å². The number of amides is 2. The Hall–Kier alpha value is -3.07. The molecule has 9 nitrogen and oxygen atoms in total. The van der Waals surface area contributed by atoms with Gasteiger partial charge in [0.15, 0.2) is 6.61 Å². The van der Waals surface area contributed by atoms with Crippen LogP contribution in [-0.4, -0.2) is 84.4 Å². The van der Waals surface area contributed by atoms with Crippen molar-refractivity contribution >= 4 is 11.8 Å². The van der Waals surface area contributed by atoms with Gasteiger partial charge >= 0.3 is 0 Å². The SMILES string of the molecule is COc1nn(C)cc1C(=O)N1CCN(CCNC(=O)COc2ccc(C(C)C)cc2)CC1. The van der Waals surface area contributed by atoms with E-state index in [0.29, 0.717) is 42.7 Å². The first-order valence-electron chi connectivity index (χ1n) is 11.0. The lowest BCUT2D eigenvalue weighted by atomic mass is 10.0. The second kappa shape index (κ2) is 11.0. The van der Waals surface area contributed by atoms with E-state index >= 15 is 0 Å². The zero-order valence-electron chi connectivity index (χ0n) is 19.3. The fourth-order valence-corrected chi connectivity index (χ4v) is 3.61. The molecule has 0 atom stereocenters. The highest BCUT2D eigenvalue weighted by Gasteiger charge is 2.26. The van der Waals surface area contributed by atoms with Gasteiger partial charge in [-0.1, -0.05) is 26.0 Å². The van der Waals surface area contributed by atoms with E-state index in [9.17, 15) is 9.59 Å². The Morgan fingerprint density at radius 3 is 2.44 bits per heavy atom. The van der Waals surface area contributed by atoms with Crippen molar-refractivity contribution in [3.63, 3.8) is 0 Å². The third kappa shape index (κ3) is 6.23. The average Bonchev–Trinajstić information content (AvgIpc) is 3.18. The molecule has 174 valence electrons. The number of methoxy groups -OCH3 is 1. The summed E-state index contributed by atoms with van der Waals surface area (Å²) in [5, 5.41) is 7.04. The van der Waals surface area contributed by atoms with Gasteiger partial charge in [0.1, 0.15) is 11.3 Å². The summed E-state index contributed by atoms with van der Waals surface area (Å²) >= 11 is 0. The molecule has 0 aliphatic carbocycles. The molecule has 2 heterocycles. The van der Waals surface area contributed by atoms with Crippen LogP contribution in [0.1, 0.15) is 35.7 Å². The number of nitrogens with one attached hydrogen (secondary N) is 1. The van der Waals surface area contributed by atoms with E-state index in [-0.39, 0.29) is 18.4 Å². The highest BCUT2D eigenvalue weighted by molar-refractivity contribution is 5.96. The van der Waals surface area contributed by atoms with Gasteiger partial charge < -0.3 is 19.7 Å². The van der Waals surface area contributed by atoms with Crippen molar-refractivity contribution in [3.05, 3.63) is 41.6 Å². The van der Waals surface area contributed by atoms with Crippen molar-refractivity contribution in [1.82, 2.24) is 24.9 Å². The first kappa shape index (κ1) is 23.6. The van der Waals surface area contributed by atoms with Gasteiger partial charge in [0.05, 0.1) is 7.11 Å².